The molecule has 3 amide bonds. The number of hydrogen-bond acceptors (Lipinski definition) is 10. The van der Waals surface area contributed by atoms with E-state index in [0.29, 0.717) is 93.0 Å². The minimum atomic E-state index is -4.35. The van der Waals surface area contributed by atoms with Gasteiger partial charge in [-0.1, -0.05) is 54.6 Å². The lowest BCUT2D eigenvalue weighted by atomic mass is 9.86. The maximum atomic E-state index is 13.3. The number of aryl methyl sites for hydroxylation is 2. The highest BCUT2D eigenvalue weighted by molar-refractivity contribution is 5.94. The Bertz CT molecular complexity index is 3220. The fourth-order valence-corrected chi connectivity index (χ4v) is 12.6. The number of piperidine rings is 3. The molecule has 3 aromatic carbocycles. The largest absolute Gasteiger partial charge is 0.444 e. The van der Waals surface area contributed by atoms with Gasteiger partial charge in [-0.3, -0.25) is 24.9 Å². The number of hydrogen-bond donors (Lipinski definition) is 4. The molecule has 0 atom stereocenters. The Hall–Kier alpha value is -7.50. The Kier molecular flexibility index (Phi) is 24.1. The van der Waals surface area contributed by atoms with Gasteiger partial charge in [0.25, 0.3) is 11.8 Å². The van der Waals surface area contributed by atoms with Crippen molar-refractivity contribution in [2.45, 2.75) is 166 Å². The van der Waals surface area contributed by atoms with E-state index in [0.717, 1.165) is 130 Å². The van der Waals surface area contributed by atoms with Gasteiger partial charge in [0.2, 0.25) is 0 Å². The van der Waals surface area contributed by atoms with Crippen LogP contribution >= 0.6 is 12.4 Å². The summed E-state index contributed by atoms with van der Waals surface area (Å²) in [6.45, 7) is 10.3. The molecule has 4 N–H and O–H groups in total. The average Bonchev–Trinajstić information content (AvgIpc) is 1.11. The third-order valence-electron chi connectivity index (χ3n) is 17.0. The highest BCUT2D eigenvalue weighted by Crippen LogP contribution is 2.42. The van der Waals surface area contributed by atoms with E-state index in [1.807, 2.05) is 20.8 Å². The summed E-state index contributed by atoms with van der Waals surface area (Å²) in [5.74, 6) is -0.520. The number of H-pyrrole nitrogens is 3. The Labute approximate surface area is 522 Å². The van der Waals surface area contributed by atoms with Gasteiger partial charge in [0.1, 0.15) is 5.60 Å². The molecule has 2 aliphatic carbocycles. The lowest BCUT2D eigenvalue weighted by molar-refractivity contribution is -0.191. The van der Waals surface area contributed by atoms with Crippen molar-refractivity contribution in [3.8, 4) is 0 Å². The molecule has 90 heavy (non-hydrogen) atoms. The molecule has 0 unspecified atom stereocenters. The minimum Gasteiger partial charge on any atom is -0.444 e. The molecule has 26 heteroatoms. The molecule has 4 aliphatic heterocycles. The molecule has 488 valence electrons. The van der Waals surface area contributed by atoms with Gasteiger partial charge in [0.15, 0.2) is 11.4 Å². The molecule has 0 radical (unpaired) electrons. The first-order valence-electron chi connectivity index (χ1n) is 30.2. The molecular formula is C64H76ClF9N10O6. The number of benzene rings is 3. The fraction of sp³-hybridized carbons (Fsp3) is 0.516. The number of nitrogens with one attached hydrogen (secondary N) is 4. The minimum absolute atomic E-state index is 0. The summed E-state index contributed by atoms with van der Waals surface area (Å²) in [5.41, 5.74) is 6.47. The van der Waals surface area contributed by atoms with Gasteiger partial charge >= 0.3 is 30.8 Å². The SMILES string of the molecule is CC(C)(C)OC(=O)N1CCc2[nH]ncc2C1.Cl.FC(F)(F)c1ccccc1C1CCNCC1.O=C(c1n[nH]c2c1CCCC2)N1CCC(c2ccccc2C(F)(F)F)CC1.O=C(c1n[nH]c2c1CCCC2)N1CCC(c2ccccc2C(F)(F)F)CC1.O=C=O. The number of rotatable bonds is 5. The molecule has 3 fully saturated rings. The molecule has 3 aromatic heterocycles. The summed E-state index contributed by atoms with van der Waals surface area (Å²) in [6.07, 6.45) is 1.25. The van der Waals surface area contributed by atoms with Gasteiger partial charge in [-0.15, -0.1) is 12.4 Å². The second kappa shape index (κ2) is 31.0. The maximum absolute atomic E-state index is 13.3. The normalized spacial score (nSPS) is 17.3. The monoisotopic (exact) mass is 1290 g/mol. The van der Waals surface area contributed by atoms with Crippen LogP contribution in [0.4, 0.5) is 44.3 Å². The van der Waals surface area contributed by atoms with Crippen LogP contribution in [0.15, 0.2) is 79.0 Å². The van der Waals surface area contributed by atoms with Crippen LogP contribution in [0.2, 0.25) is 0 Å². The summed E-state index contributed by atoms with van der Waals surface area (Å²) in [5, 5.41) is 24.5. The predicted octanol–water partition coefficient (Wildman–Crippen LogP) is 13.4. The molecule has 6 aliphatic rings. The first-order valence-corrected chi connectivity index (χ1v) is 30.2. The van der Waals surface area contributed by atoms with Crippen LogP contribution in [-0.2, 0) is 71.5 Å². The van der Waals surface area contributed by atoms with E-state index in [-0.39, 0.29) is 54.2 Å². The number of carbonyl (C=O) groups is 3. The summed E-state index contributed by atoms with van der Waals surface area (Å²) < 4.78 is 123. The Morgan fingerprint density at radius 1 is 0.511 bits per heavy atom. The number of aromatic nitrogens is 6. The van der Waals surface area contributed by atoms with Crippen molar-refractivity contribution in [1.82, 2.24) is 50.6 Å². The number of carbonyl (C=O) groups excluding carboxylic acids is 5. The topological polar surface area (TPSA) is 202 Å². The van der Waals surface area contributed by atoms with Gasteiger partial charge in [0, 0.05) is 72.9 Å². The molecule has 3 saturated heterocycles. The maximum Gasteiger partial charge on any atom is 0.416 e. The fourth-order valence-electron chi connectivity index (χ4n) is 12.6. The molecule has 0 bridgehead atoms. The summed E-state index contributed by atoms with van der Waals surface area (Å²) >= 11 is 0. The first kappa shape index (κ1) is 70.0. The third-order valence-corrected chi connectivity index (χ3v) is 17.0. The van der Waals surface area contributed by atoms with E-state index in [4.69, 9.17) is 14.3 Å². The number of halogens is 10. The summed E-state index contributed by atoms with van der Waals surface area (Å²) in [4.78, 5) is 59.0. The van der Waals surface area contributed by atoms with E-state index in [2.05, 4.69) is 35.9 Å². The number of alkyl halides is 9. The zero-order valence-electron chi connectivity index (χ0n) is 50.4. The van der Waals surface area contributed by atoms with E-state index in [1.54, 1.807) is 57.3 Å². The van der Waals surface area contributed by atoms with Gasteiger partial charge in [-0.05, 0) is 176 Å². The van der Waals surface area contributed by atoms with Gasteiger partial charge < -0.3 is 24.8 Å². The van der Waals surface area contributed by atoms with Gasteiger partial charge in [-0.2, -0.15) is 64.4 Å². The van der Waals surface area contributed by atoms with Gasteiger partial charge in [0.05, 0.1) is 29.4 Å². The van der Waals surface area contributed by atoms with E-state index in [9.17, 15) is 53.9 Å². The Morgan fingerprint density at radius 2 is 0.889 bits per heavy atom. The molecule has 0 saturated carbocycles. The van der Waals surface area contributed by atoms with Crippen molar-refractivity contribution in [2.24, 2.45) is 0 Å². The first-order chi connectivity index (χ1) is 42.4. The quantitative estimate of drug-likeness (QED) is 0.120. The van der Waals surface area contributed by atoms with Crippen molar-refractivity contribution < 1.29 is 68.2 Å². The van der Waals surface area contributed by atoms with Crippen LogP contribution in [-0.4, -0.2) is 121 Å². The Morgan fingerprint density at radius 3 is 1.28 bits per heavy atom. The van der Waals surface area contributed by atoms with Crippen molar-refractivity contribution in [1.29, 1.82) is 0 Å². The van der Waals surface area contributed by atoms with Crippen molar-refractivity contribution in [2.75, 3.05) is 45.8 Å². The lowest BCUT2D eigenvalue weighted by Gasteiger charge is -2.33. The number of ether oxygens (including phenoxy) is 1. The smallest absolute Gasteiger partial charge is 0.416 e. The lowest BCUT2D eigenvalue weighted by Crippen LogP contribution is -2.39. The van der Waals surface area contributed by atoms with Gasteiger partial charge in [-0.25, -0.2) is 4.79 Å². The third kappa shape index (κ3) is 18.1. The molecule has 16 nitrogen and oxygen atoms in total. The highest BCUT2D eigenvalue weighted by atomic mass is 35.5. The van der Waals surface area contributed by atoms with Crippen LogP contribution in [0.5, 0.6) is 0 Å². The number of amides is 3. The average molecular weight is 1290 g/mol. The van der Waals surface area contributed by atoms with Crippen LogP contribution in [0.25, 0.3) is 0 Å². The second-order valence-corrected chi connectivity index (χ2v) is 24.0. The molecule has 12 rings (SSSR count). The van der Waals surface area contributed by atoms with E-state index < -0.39 is 40.8 Å². The van der Waals surface area contributed by atoms with Crippen LogP contribution in [0.3, 0.4) is 0 Å². The predicted molar refractivity (Wildman–Crippen MR) is 317 cm³/mol. The molecule has 7 heterocycles. The molecule has 0 spiro atoms. The second-order valence-electron chi connectivity index (χ2n) is 24.0. The van der Waals surface area contributed by atoms with Crippen LogP contribution in [0.1, 0.15) is 191 Å². The van der Waals surface area contributed by atoms with Crippen molar-refractivity contribution in [3.05, 3.63) is 158 Å². The summed E-state index contributed by atoms with van der Waals surface area (Å²) in [6, 6.07) is 17.5. The van der Waals surface area contributed by atoms with Crippen LogP contribution in [0, 0.1) is 0 Å². The van der Waals surface area contributed by atoms with Crippen LogP contribution < -0.4 is 5.32 Å². The Balaban J connectivity index is 0.000000172. The van der Waals surface area contributed by atoms with Crippen molar-refractivity contribution in [3.63, 3.8) is 0 Å². The highest BCUT2D eigenvalue weighted by Gasteiger charge is 2.40. The number of nitrogens with zero attached hydrogens (tertiary/aromatic N) is 6. The number of fused-ring (bicyclic) bond motifs is 3. The molecule has 6 aromatic rings. The van der Waals surface area contributed by atoms with Crippen molar-refractivity contribution >= 4 is 36.5 Å². The summed E-state index contributed by atoms with van der Waals surface area (Å²) in [7, 11) is 0. The van der Waals surface area contributed by atoms with E-state index >= 15 is 0 Å². The number of likely N-dealkylation sites (tertiary alicyclic amines) is 2. The molecular weight excluding hydrogens is 1210 g/mol. The zero-order chi connectivity index (χ0) is 64.1. The number of aromatic amines is 3. The van der Waals surface area contributed by atoms with E-state index in [1.165, 1.54) is 24.3 Å². The zero-order valence-corrected chi connectivity index (χ0v) is 51.3. The standard InChI is InChI=1S/2C20H22F3N3O.C12H14F3N.C11H17N3O2.CO2.ClH/c2*21-20(22,23)16-7-3-1-5-14(16)13-9-11-26(12-10-13)19(27)18-15-6-2-4-8-17(15)24-25-18;13-12(14,15)11-4-2-1-3-10(11)9-5-7-16-8-6-9;1-11(2,3)16-10(15)14-5-4-9-8(7-14)6-12-13-9;2-1-3;/h2*1,3,5,7,13H,2,4,6,8-12H2,(H,24,25);1-4,9,16H,5-8H2;6H,4-5,7H2,1-3H3,(H,12,13);;1H.